The van der Waals surface area contributed by atoms with Gasteiger partial charge in [0.1, 0.15) is 0 Å². The van der Waals surface area contributed by atoms with E-state index >= 15 is 0 Å². The van der Waals surface area contributed by atoms with Crippen molar-refractivity contribution in [2.75, 3.05) is 0 Å². The molecule has 0 N–H and O–H groups in total. The van der Waals surface area contributed by atoms with E-state index in [0.717, 1.165) is 4.48 Å². The second-order valence-electron chi connectivity index (χ2n) is 1.34. The maximum atomic E-state index is 10.1. The Morgan fingerprint density at radius 2 is 2.00 bits per heavy atom. The first kappa shape index (κ1) is 6.89. The average molecular weight is 163 g/mol. The second-order valence-corrected chi connectivity index (χ2v) is 2.59. The van der Waals surface area contributed by atoms with Gasteiger partial charge in [0.05, 0.1) is 0 Å². The zero-order chi connectivity index (χ0) is 5.86. The molecule has 0 bridgehead atoms. The lowest BCUT2D eigenvalue weighted by molar-refractivity contribution is -0.112. The minimum Gasteiger partial charge on any atom is -0.295 e. The van der Waals surface area contributed by atoms with Gasteiger partial charge in [0, 0.05) is 0 Å². The quantitative estimate of drug-likeness (QED) is 0.539. The molecule has 0 aromatic carbocycles. The van der Waals surface area contributed by atoms with Gasteiger partial charge >= 0.3 is 0 Å². The highest BCUT2D eigenvalue weighted by molar-refractivity contribution is 9.11. The summed E-state index contributed by atoms with van der Waals surface area (Å²) in [5.74, 6) is 0.0781. The topological polar surface area (TPSA) is 17.1 Å². The lowest BCUT2D eigenvalue weighted by atomic mass is 10.4. The van der Waals surface area contributed by atoms with E-state index in [0.29, 0.717) is 0 Å². The van der Waals surface area contributed by atoms with Crippen molar-refractivity contribution in [1.82, 2.24) is 0 Å². The molecule has 0 radical (unpaired) electrons. The number of allylic oxidation sites excluding steroid dienone is 2. The van der Waals surface area contributed by atoms with Crippen molar-refractivity contribution in [3.8, 4) is 0 Å². The predicted molar refractivity (Wildman–Crippen MR) is 33.4 cm³/mol. The zero-order valence-corrected chi connectivity index (χ0v) is 5.95. The first-order chi connectivity index (χ1) is 3.13. The lowest BCUT2D eigenvalue weighted by Crippen LogP contribution is -1.79. The minimum atomic E-state index is 0.0781. The molecular formula is C5H7BrO. The molecule has 2 heteroatoms. The molecule has 0 spiro atoms. The third kappa shape index (κ3) is 5.89. The molecule has 0 saturated heterocycles. The van der Waals surface area contributed by atoms with Gasteiger partial charge in [0.25, 0.3) is 0 Å². The van der Waals surface area contributed by atoms with Crippen molar-refractivity contribution < 1.29 is 4.79 Å². The van der Waals surface area contributed by atoms with Gasteiger partial charge < -0.3 is 0 Å². The van der Waals surface area contributed by atoms with Gasteiger partial charge in [-0.05, 0) is 24.4 Å². The van der Waals surface area contributed by atoms with E-state index in [1.807, 2.05) is 6.92 Å². The number of carbonyl (C=O) groups excluding carboxylic acids is 1. The molecule has 0 aromatic heterocycles. The van der Waals surface area contributed by atoms with Crippen LogP contribution in [-0.4, -0.2) is 5.78 Å². The van der Waals surface area contributed by atoms with E-state index in [1.165, 1.54) is 13.0 Å². The van der Waals surface area contributed by atoms with Crippen LogP contribution in [0.5, 0.6) is 0 Å². The third-order valence-corrected chi connectivity index (χ3v) is 0.631. The molecule has 0 aliphatic heterocycles. The SMILES string of the molecule is CC(=O)C=C(C)Br. The lowest BCUT2D eigenvalue weighted by Gasteiger charge is -1.78. The van der Waals surface area contributed by atoms with Crippen LogP contribution in [0, 0.1) is 0 Å². The summed E-state index contributed by atoms with van der Waals surface area (Å²) in [7, 11) is 0. The van der Waals surface area contributed by atoms with Crippen molar-refractivity contribution in [3.63, 3.8) is 0 Å². The summed E-state index contributed by atoms with van der Waals surface area (Å²) in [5, 5.41) is 0. The normalized spacial score (nSPS) is 11.6. The fourth-order valence-corrected chi connectivity index (χ4v) is 0.602. The minimum absolute atomic E-state index is 0.0781. The van der Waals surface area contributed by atoms with Crippen molar-refractivity contribution in [1.29, 1.82) is 0 Å². The first-order valence-corrected chi connectivity index (χ1v) is 2.76. The van der Waals surface area contributed by atoms with E-state index in [9.17, 15) is 4.79 Å². The van der Waals surface area contributed by atoms with E-state index < -0.39 is 0 Å². The molecule has 7 heavy (non-hydrogen) atoms. The molecule has 0 saturated carbocycles. The Hall–Kier alpha value is -0.110. The van der Waals surface area contributed by atoms with E-state index in [2.05, 4.69) is 15.9 Å². The number of ketones is 1. The maximum Gasteiger partial charge on any atom is 0.153 e. The van der Waals surface area contributed by atoms with Crippen LogP contribution in [0.4, 0.5) is 0 Å². The zero-order valence-electron chi connectivity index (χ0n) is 4.36. The second kappa shape index (κ2) is 2.97. The fraction of sp³-hybridized carbons (Fsp3) is 0.400. The van der Waals surface area contributed by atoms with Crippen LogP contribution in [0.2, 0.25) is 0 Å². The van der Waals surface area contributed by atoms with Crippen molar-refractivity contribution in [2.45, 2.75) is 13.8 Å². The van der Waals surface area contributed by atoms with Gasteiger partial charge in [-0.15, -0.1) is 0 Å². The third-order valence-electron chi connectivity index (χ3n) is 0.402. The maximum absolute atomic E-state index is 10.1. The van der Waals surface area contributed by atoms with Crippen LogP contribution in [0.15, 0.2) is 10.6 Å². The summed E-state index contributed by atoms with van der Waals surface area (Å²) >= 11 is 3.12. The Labute approximate surface area is 51.5 Å². The molecule has 0 aliphatic rings. The number of hydrogen-bond donors (Lipinski definition) is 0. The number of hydrogen-bond acceptors (Lipinski definition) is 1. The van der Waals surface area contributed by atoms with Crippen LogP contribution >= 0.6 is 15.9 Å². The summed E-state index contributed by atoms with van der Waals surface area (Å²) in [6, 6.07) is 0. The Balaban J connectivity index is 3.68. The van der Waals surface area contributed by atoms with Gasteiger partial charge in [-0.2, -0.15) is 0 Å². The molecular weight excluding hydrogens is 156 g/mol. The van der Waals surface area contributed by atoms with Gasteiger partial charge in [-0.3, -0.25) is 4.79 Å². The van der Waals surface area contributed by atoms with Gasteiger partial charge in [0.2, 0.25) is 0 Å². The highest BCUT2D eigenvalue weighted by atomic mass is 79.9. The molecule has 0 aliphatic carbocycles. The fourth-order valence-electron chi connectivity index (χ4n) is 0.280. The standard InChI is InChI=1S/C5H7BrO/c1-4(6)3-5(2)7/h3H,1-2H3. The average Bonchev–Trinajstić information content (AvgIpc) is 1.27. The summed E-state index contributed by atoms with van der Waals surface area (Å²) in [6.07, 6.45) is 1.53. The van der Waals surface area contributed by atoms with E-state index in [4.69, 9.17) is 0 Å². The van der Waals surface area contributed by atoms with Crippen LogP contribution in [0.3, 0.4) is 0 Å². The Morgan fingerprint density at radius 3 is 2.00 bits per heavy atom. The van der Waals surface area contributed by atoms with Crippen molar-refractivity contribution in [2.24, 2.45) is 0 Å². The van der Waals surface area contributed by atoms with Crippen LogP contribution in [0.1, 0.15) is 13.8 Å². The Bertz CT molecular complexity index is 101. The van der Waals surface area contributed by atoms with E-state index in [-0.39, 0.29) is 5.78 Å². The number of rotatable bonds is 1. The largest absolute Gasteiger partial charge is 0.295 e. The molecule has 0 heterocycles. The summed E-state index contributed by atoms with van der Waals surface area (Å²) < 4.78 is 0.875. The first-order valence-electron chi connectivity index (χ1n) is 1.97. The summed E-state index contributed by atoms with van der Waals surface area (Å²) in [5.41, 5.74) is 0. The van der Waals surface area contributed by atoms with E-state index in [1.54, 1.807) is 0 Å². The van der Waals surface area contributed by atoms with Gasteiger partial charge in [-0.1, -0.05) is 15.9 Å². The highest BCUT2D eigenvalue weighted by Gasteiger charge is 1.82. The molecule has 0 fully saturated rings. The molecule has 0 atom stereocenters. The summed E-state index contributed by atoms with van der Waals surface area (Å²) in [4.78, 5) is 10.1. The summed E-state index contributed by atoms with van der Waals surface area (Å²) in [6.45, 7) is 3.34. The van der Waals surface area contributed by atoms with Crippen LogP contribution < -0.4 is 0 Å². The number of halogens is 1. The monoisotopic (exact) mass is 162 g/mol. The predicted octanol–water partition coefficient (Wildman–Crippen LogP) is 1.87. The van der Waals surface area contributed by atoms with Gasteiger partial charge in [-0.25, -0.2) is 0 Å². The highest BCUT2D eigenvalue weighted by Crippen LogP contribution is 2.00. The molecule has 0 amide bonds. The van der Waals surface area contributed by atoms with Crippen LogP contribution in [0.25, 0.3) is 0 Å². The molecule has 40 valence electrons. The van der Waals surface area contributed by atoms with Gasteiger partial charge in [0.15, 0.2) is 5.78 Å². The molecule has 0 unspecified atom stereocenters. The van der Waals surface area contributed by atoms with Crippen LogP contribution in [-0.2, 0) is 4.79 Å². The molecule has 0 aromatic rings. The molecule has 1 nitrogen and oxygen atoms in total. The smallest absolute Gasteiger partial charge is 0.153 e. The van der Waals surface area contributed by atoms with Crippen molar-refractivity contribution in [3.05, 3.63) is 10.6 Å². The number of carbonyl (C=O) groups is 1. The molecule has 0 rings (SSSR count). The van der Waals surface area contributed by atoms with Crippen molar-refractivity contribution >= 4 is 21.7 Å². The Kier molecular flexibility index (Phi) is 2.92. The Morgan fingerprint density at radius 1 is 1.57 bits per heavy atom.